The number of thiophene rings is 1. The highest BCUT2D eigenvalue weighted by molar-refractivity contribution is 7.12. The Hall–Kier alpha value is -1.59. The van der Waals surface area contributed by atoms with Gasteiger partial charge in [-0.3, -0.25) is 0 Å². The largest absolute Gasteiger partial charge is 0.507 e. The minimum Gasteiger partial charge on any atom is -0.507 e. The average Bonchev–Trinajstić information content (AvgIpc) is 3.27. The van der Waals surface area contributed by atoms with Gasteiger partial charge in [-0.1, -0.05) is 6.92 Å². The fourth-order valence-electron chi connectivity index (χ4n) is 4.59. The summed E-state index contributed by atoms with van der Waals surface area (Å²) >= 11 is 1.67. The predicted molar refractivity (Wildman–Crippen MR) is 111 cm³/mol. The number of rotatable bonds is 7. The Bertz CT molecular complexity index is 871. The Morgan fingerprint density at radius 1 is 1.32 bits per heavy atom. The van der Waals surface area contributed by atoms with Gasteiger partial charge in [-0.15, -0.1) is 11.3 Å². The van der Waals surface area contributed by atoms with Gasteiger partial charge in [0.25, 0.3) is 0 Å². The number of aryl methyl sites for hydroxylation is 1. The van der Waals surface area contributed by atoms with Crippen molar-refractivity contribution in [2.75, 3.05) is 6.61 Å². The van der Waals surface area contributed by atoms with Crippen molar-refractivity contribution in [1.82, 2.24) is 0 Å². The van der Waals surface area contributed by atoms with Gasteiger partial charge < -0.3 is 14.3 Å². The molecule has 1 saturated heterocycles. The van der Waals surface area contributed by atoms with Crippen LogP contribution in [0.1, 0.15) is 78.9 Å². The van der Waals surface area contributed by atoms with Gasteiger partial charge in [0.1, 0.15) is 11.5 Å². The first-order valence-electron chi connectivity index (χ1n) is 10.5. The Morgan fingerprint density at radius 2 is 2.14 bits per heavy atom. The summed E-state index contributed by atoms with van der Waals surface area (Å²) in [4.78, 5) is 15.1. The molecule has 2 unspecified atom stereocenters. The van der Waals surface area contributed by atoms with Crippen LogP contribution in [0.3, 0.4) is 0 Å². The highest BCUT2D eigenvalue weighted by Gasteiger charge is 2.45. The molecule has 4 rings (SSSR count). The predicted octanol–water partition coefficient (Wildman–Crippen LogP) is 5.54. The second kappa shape index (κ2) is 8.03. The van der Waals surface area contributed by atoms with Gasteiger partial charge in [0, 0.05) is 34.8 Å². The van der Waals surface area contributed by atoms with Gasteiger partial charge in [-0.2, -0.15) is 0 Å². The maximum Gasteiger partial charge on any atom is 0.343 e. The molecule has 0 radical (unpaired) electrons. The molecule has 1 aliphatic heterocycles. The molecule has 5 heteroatoms. The Labute approximate surface area is 170 Å². The quantitative estimate of drug-likeness (QED) is 0.661. The van der Waals surface area contributed by atoms with Crippen LogP contribution in [0.4, 0.5) is 0 Å². The molecular weight excluding hydrogens is 372 g/mol. The second-order valence-electron chi connectivity index (χ2n) is 8.58. The van der Waals surface area contributed by atoms with Gasteiger partial charge in [-0.05, 0) is 69.4 Å². The number of hydrogen-bond donors (Lipinski definition) is 1. The van der Waals surface area contributed by atoms with Crippen molar-refractivity contribution in [1.29, 1.82) is 0 Å². The molecule has 1 N–H and O–H groups in total. The maximum absolute atomic E-state index is 12.8. The molecule has 0 bridgehead atoms. The van der Waals surface area contributed by atoms with Gasteiger partial charge in [-0.25, -0.2) is 4.79 Å². The zero-order chi connectivity index (χ0) is 19.7. The third-order valence-corrected chi connectivity index (χ3v) is 7.43. The first-order valence-corrected chi connectivity index (χ1v) is 11.4. The van der Waals surface area contributed by atoms with Crippen LogP contribution in [0.25, 0.3) is 0 Å². The van der Waals surface area contributed by atoms with Gasteiger partial charge in [0.15, 0.2) is 0 Å². The Kier molecular flexibility index (Phi) is 5.66. The summed E-state index contributed by atoms with van der Waals surface area (Å²) < 4.78 is 11.6. The fourth-order valence-corrected chi connectivity index (χ4v) is 5.66. The Balaban J connectivity index is 1.53. The van der Waals surface area contributed by atoms with Crippen molar-refractivity contribution in [3.63, 3.8) is 0 Å². The molecule has 28 heavy (non-hydrogen) atoms. The van der Waals surface area contributed by atoms with E-state index in [-0.39, 0.29) is 17.1 Å². The third-order valence-electron chi connectivity index (χ3n) is 6.32. The van der Waals surface area contributed by atoms with Crippen LogP contribution in [-0.2, 0) is 11.2 Å². The molecular formula is C23H30O4S. The van der Waals surface area contributed by atoms with E-state index in [0.717, 1.165) is 50.0 Å². The van der Waals surface area contributed by atoms with E-state index in [9.17, 15) is 9.90 Å². The average molecular weight is 403 g/mol. The minimum absolute atomic E-state index is 0.0777. The zero-order valence-electron chi connectivity index (χ0n) is 16.8. The first-order chi connectivity index (χ1) is 13.5. The normalized spacial score (nSPS) is 22.1. The second-order valence-corrected chi connectivity index (χ2v) is 9.90. The maximum atomic E-state index is 12.8. The lowest BCUT2D eigenvalue weighted by atomic mass is 9.90. The molecule has 2 fully saturated rings. The summed E-state index contributed by atoms with van der Waals surface area (Å²) in [5, 5.41) is 10.7. The van der Waals surface area contributed by atoms with Crippen LogP contribution in [0.15, 0.2) is 27.4 Å². The van der Waals surface area contributed by atoms with Crippen molar-refractivity contribution in [2.45, 2.75) is 77.2 Å². The summed E-state index contributed by atoms with van der Waals surface area (Å²) in [5.74, 6) is 0.570. The van der Waals surface area contributed by atoms with E-state index >= 15 is 0 Å². The number of aromatic hydroxyl groups is 1. The minimum atomic E-state index is -0.391. The highest BCUT2D eigenvalue weighted by atomic mass is 32.1. The van der Waals surface area contributed by atoms with Crippen LogP contribution < -0.4 is 5.63 Å². The van der Waals surface area contributed by atoms with E-state index in [1.165, 1.54) is 11.3 Å². The summed E-state index contributed by atoms with van der Waals surface area (Å²) in [7, 11) is 0. The fraction of sp³-hybridized carbons (Fsp3) is 0.609. The van der Waals surface area contributed by atoms with Crippen molar-refractivity contribution < 1.29 is 14.3 Å². The number of hydrogen-bond acceptors (Lipinski definition) is 5. The monoisotopic (exact) mass is 402 g/mol. The molecule has 152 valence electrons. The summed E-state index contributed by atoms with van der Waals surface area (Å²) in [6.07, 6.45) is 8.66. The molecule has 4 nitrogen and oxygen atoms in total. The lowest BCUT2D eigenvalue weighted by molar-refractivity contribution is -0.00187. The van der Waals surface area contributed by atoms with E-state index < -0.39 is 5.63 Å². The summed E-state index contributed by atoms with van der Waals surface area (Å²) in [5.41, 5.74) is 0.187. The highest BCUT2D eigenvalue weighted by Crippen LogP contribution is 2.53. The lowest BCUT2D eigenvalue weighted by Gasteiger charge is -2.26. The number of ether oxygens (including phenoxy) is 1. The molecule has 2 aromatic rings. The van der Waals surface area contributed by atoms with Gasteiger partial charge >= 0.3 is 5.63 Å². The van der Waals surface area contributed by atoms with Crippen LogP contribution in [-0.4, -0.2) is 17.8 Å². The molecule has 2 aromatic heterocycles. The topological polar surface area (TPSA) is 59.7 Å². The van der Waals surface area contributed by atoms with Crippen molar-refractivity contribution in [2.24, 2.45) is 5.41 Å². The first kappa shape index (κ1) is 19.7. The molecule has 3 heterocycles. The van der Waals surface area contributed by atoms with E-state index in [1.54, 1.807) is 17.4 Å². The molecule has 0 amide bonds. The molecule has 1 saturated carbocycles. The van der Waals surface area contributed by atoms with Crippen molar-refractivity contribution >= 4 is 11.3 Å². The van der Waals surface area contributed by atoms with Crippen molar-refractivity contribution in [3.8, 4) is 5.75 Å². The van der Waals surface area contributed by atoms with Crippen LogP contribution in [0.2, 0.25) is 0 Å². The molecule has 1 aliphatic carbocycles. The van der Waals surface area contributed by atoms with E-state index in [1.807, 2.05) is 13.0 Å². The van der Waals surface area contributed by atoms with Crippen LogP contribution in [0, 0.1) is 12.3 Å². The zero-order valence-corrected chi connectivity index (χ0v) is 17.6. The standard InChI is InChI=1S/C23H30O4S/c1-3-18(20-8-7-15(2)28-20)21-19(24)12-17(27-22(21)25)14-23(9-10-23)13-16-6-4-5-11-26-16/h7-8,12,16,18,24H,3-6,9-11,13-14H2,1-2H3. The van der Waals surface area contributed by atoms with E-state index in [4.69, 9.17) is 9.15 Å². The van der Waals surface area contributed by atoms with Crippen LogP contribution >= 0.6 is 11.3 Å². The third kappa shape index (κ3) is 4.20. The van der Waals surface area contributed by atoms with Crippen molar-refractivity contribution in [3.05, 3.63) is 49.7 Å². The van der Waals surface area contributed by atoms with E-state index in [2.05, 4.69) is 13.0 Å². The molecule has 2 atom stereocenters. The summed E-state index contributed by atoms with van der Waals surface area (Å²) in [6.45, 7) is 4.96. The van der Waals surface area contributed by atoms with Gasteiger partial charge in [0.2, 0.25) is 0 Å². The molecule has 2 aliphatic rings. The molecule has 0 spiro atoms. The Morgan fingerprint density at radius 3 is 2.71 bits per heavy atom. The van der Waals surface area contributed by atoms with Gasteiger partial charge in [0.05, 0.1) is 11.7 Å². The molecule has 0 aromatic carbocycles. The van der Waals surface area contributed by atoms with Crippen LogP contribution in [0.5, 0.6) is 5.75 Å². The smallest absolute Gasteiger partial charge is 0.343 e. The summed E-state index contributed by atoms with van der Waals surface area (Å²) in [6, 6.07) is 5.78. The lowest BCUT2D eigenvalue weighted by Crippen LogP contribution is -2.24. The SMILES string of the molecule is CCC(c1ccc(C)s1)c1c(O)cc(CC2(CC3CCCCO3)CC2)oc1=O. The van der Waals surface area contributed by atoms with E-state index in [0.29, 0.717) is 23.8 Å².